The smallest absolute Gasteiger partial charge is 0.309 e. The summed E-state index contributed by atoms with van der Waals surface area (Å²) in [4.78, 5) is 169. The maximum absolute atomic E-state index is 14.0. The van der Waals surface area contributed by atoms with Crippen LogP contribution in [-0.4, -0.2) is 304 Å². The summed E-state index contributed by atoms with van der Waals surface area (Å²) in [7, 11) is 0. The predicted molar refractivity (Wildman–Crippen MR) is 605 cm³/mol. The number of hydrogen-bond acceptors (Lipinski definition) is 32. The number of nitrogens with zero attached hydrogens (tertiary/aromatic N) is 4. The molecule has 0 saturated heterocycles. The van der Waals surface area contributed by atoms with Crippen LogP contribution in [0, 0.1) is 35.5 Å². The van der Waals surface area contributed by atoms with Crippen LogP contribution in [0.15, 0.2) is 0 Å². The summed E-state index contributed by atoms with van der Waals surface area (Å²) in [5.41, 5.74) is 0. The molecular formula is C113H208N4O22S6. The van der Waals surface area contributed by atoms with Crippen LogP contribution >= 0.6 is 70.6 Å². The molecule has 0 aromatic rings. The number of carbonyl (C=O) groups excluding carboxylic acids is 12. The van der Waals surface area contributed by atoms with Crippen LogP contribution in [0.3, 0.4) is 0 Å². The molecule has 0 spiro atoms. The fourth-order valence-corrected chi connectivity index (χ4v) is 22.2. The van der Waals surface area contributed by atoms with Crippen molar-refractivity contribution in [3.63, 3.8) is 0 Å². The second-order valence-corrected chi connectivity index (χ2v) is 46.5. The van der Waals surface area contributed by atoms with Crippen LogP contribution in [0.5, 0.6) is 0 Å². The Kier molecular flexibility index (Phi) is 101. The Bertz CT molecular complexity index is 2850. The van der Waals surface area contributed by atoms with E-state index in [1.54, 1.807) is 70.6 Å². The molecule has 0 aliphatic rings. The van der Waals surface area contributed by atoms with E-state index in [9.17, 15) is 57.5 Å². The van der Waals surface area contributed by atoms with Crippen molar-refractivity contribution in [1.29, 1.82) is 0 Å². The number of unbranched alkanes of at least 4 members (excludes halogenated alkanes) is 30. The van der Waals surface area contributed by atoms with E-state index in [0.29, 0.717) is 126 Å². The van der Waals surface area contributed by atoms with Crippen LogP contribution in [0.2, 0.25) is 0 Å². The van der Waals surface area contributed by atoms with Gasteiger partial charge in [-0.1, -0.05) is 276 Å². The molecule has 0 amide bonds. The molecule has 0 rings (SSSR count). The van der Waals surface area contributed by atoms with Crippen molar-refractivity contribution in [3.8, 4) is 0 Å². The van der Waals surface area contributed by atoms with E-state index < -0.39 is 23.9 Å². The second kappa shape index (κ2) is 104. The summed E-state index contributed by atoms with van der Waals surface area (Å²) < 4.78 is 56.1. The molecule has 0 heterocycles. The zero-order chi connectivity index (χ0) is 107. The lowest BCUT2D eigenvalue weighted by atomic mass is 10.1. The fourth-order valence-electron chi connectivity index (χ4n) is 15.8. The molecule has 0 fully saturated rings. The Morgan fingerprint density at radius 1 is 0.172 bits per heavy atom. The highest BCUT2D eigenvalue weighted by Crippen LogP contribution is 2.23. The Labute approximate surface area is 906 Å². The molecule has 145 heavy (non-hydrogen) atoms. The summed E-state index contributed by atoms with van der Waals surface area (Å²) in [6.45, 7) is 28.5. The normalized spacial score (nSPS) is 12.8. The Morgan fingerprint density at radius 3 is 0.524 bits per heavy atom. The first kappa shape index (κ1) is 141. The minimum atomic E-state index is -0.502. The molecule has 6 atom stereocenters. The molecule has 0 aromatic heterocycles. The van der Waals surface area contributed by atoms with Gasteiger partial charge in [-0.15, -0.1) is 0 Å². The number of rotatable bonds is 110. The highest BCUT2D eigenvalue weighted by atomic mass is 32.2. The Balaban J connectivity index is 7.23. The summed E-state index contributed by atoms with van der Waals surface area (Å²) >= 11 is 10.5. The van der Waals surface area contributed by atoms with Gasteiger partial charge in [-0.2, -0.15) is 70.6 Å². The SMILES string of the molecule is CCCCCCCCSCC(C)C(=O)OCCCC(=O)CCN(CCCN(CCCN(CCC(=O)CCCOC(=O)C(C)CSCCCCCCCC)CCC(=O)OCCOC(=O)C(C)CSCCCCCCCC)CCC(=O)OCCOC(=O)C(C)CSCCCCCCCC)CCCN(CCC(=O)OCCOC(=O)C(C)CSCCCCCCCC)CCC(=O)OCCOC(=O)C(C)CSCCCCCCCC. The molecule has 0 N–H and O–H groups in total. The standard InChI is InChI=1S/C113H208N4O22S6/c1-13-19-25-31-37-43-84-140-90-96(7)108(124)134-74-49-54-102(118)56-68-114(63-52-67-117(72-60-106(122)132-78-82-138-112(128)100(11)94-144-88-47-41-35-29-23-17-5)73-61-107(123)133-79-83-139-113(129)101(12)95-145-89-48-42-36-30-24-18-6)62-51-64-115(70-58-104(120)130-76-80-136-110(126)98(9)92-142-86-45-39-33-27-21-15-3)65-53-66-116(69-57-103(119)55-50-75-135-109(125)97(8)91-141-85-44-38-32-26-20-14-2)71-59-105(121)131-77-81-137-111(127)99(10)93-143-87-46-40-34-28-22-16-4/h96-101H,13-95H2,1-12H3. The molecule has 0 bridgehead atoms. The molecule has 0 aliphatic carbocycles. The number of esters is 10. The minimum absolute atomic E-state index is 0.00145. The lowest BCUT2D eigenvalue weighted by molar-refractivity contribution is -0.154. The lowest BCUT2D eigenvalue weighted by Gasteiger charge is -2.28. The van der Waals surface area contributed by atoms with E-state index in [2.05, 4.69) is 56.2 Å². The topological polar surface area (TPSA) is 310 Å². The summed E-state index contributed by atoms with van der Waals surface area (Å²) in [5, 5.41) is 0. The number of ketones is 2. The average molecular weight is 2170 g/mol. The van der Waals surface area contributed by atoms with E-state index in [-0.39, 0.29) is 220 Å². The summed E-state index contributed by atoms with van der Waals surface area (Å²) in [6.07, 6.45) is 46.5. The Morgan fingerprint density at radius 2 is 0.331 bits per heavy atom. The zero-order valence-corrected chi connectivity index (χ0v) is 98.3. The van der Waals surface area contributed by atoms with E-state index in [1.165, 1.54) is 193 Å². The van der Waals surface area contributed by atoms with Crippen molar-refractivity contribution in [3.05, 3.63) is 0 Å². The number of thioether (sulfide) groups is 6. The van der Waals surface area contributed by atoms with Crippen molar-refractivity contribution < 1.29 is 105 Å². The van der Waals surface area contributed by atoms with Crippen LogP contribution < -0.4 is 0 Å². The molecule has 0 saturated carbocycles. The van der Waals surface area contributed by atoms with Gasteiger partial charge in [0.25, 0.3) is 0 Å². The molecular weight excluding hydrogens is 1960 g/mol. The fraction of sp³-hybridized carbons (Fsp3) is 0.894. The highest BCUT2D eigenvalue weighted by molar-refractivity contribution is 8.00. The van der Waals surface area contributed by atoms with E-state index >= 15 is 0 Å². The first-order valence-electron chi connectivity index (χ1n) is 57.4. The Hall–Kier alpha value is -4.02. The van der Waals surface area contributed by atoms with E-state index in [4.69, 9.17) is 47.4 Å². The third-order valence-corrected chi connectivity index (χ3v) is 33.2. The quantitative estimate of drug-likeness (QED) is 0.0310. The minimum Gasteiger partial charge on any atom is -0.465 e. The first-order chi connectivity index (χ1) is 70.3. The number of carbonyl (C=O) groups is 12. The van der Waals surface area contributed by atoms with Crippen molar-refractivity contribution >= 4 is 142 Å². The molecule has 32 heteroatoms. The third-order valence-electron chi connectivity index (χ3n) is 25.3. The lowest BCUT2D eigenvalue weighted by Crippen LogP contribution is -2.37. The van der Waals surface area contributed by atoms with Crippen LogP contribution in [0.1, 0.15) is 398 Å². The molecule has 0 aliphatic heterocycles. The van der Waals surface area contributed by atoms with Gasteiger partial charge >= 0.3 is 59.7 Å². The van der Waals surface area contributed by atoms with Crippen LogP contribution in [-0.2, 0) is 105 Å². The second-order valence-electron chi connectivity index (χ2n) is 39.6. The number of ether oxygens (including phenoxy) is 10. The maximum Gasteiger partial charge on any atom is 0.309 e. The van der Waals surface area contributed by atoms with Gasteiger partial charge in [0, 0.05) is 99.5 Å². The third kappa shape index (κ3) is 92.2. The average Bonchev–Trinajstić information content (AvgIpc) is 0.934. The van der Waals surface area contributed by atoms with E-state index in [1.807, 2.05) is 46.4 Å². The van der Waals surface area contributed by atoms with Gasteiger partial charge < -0.3 is 67.0 Å². The first-order valence-corrected chi connectivity index (χ1v) is 64.3. The molecule has 6 unspecified atom stereocenters. The van der Waals surface area contributed by atoms with Gasteiger partial charge in [-0.05, 0) is 144 Å². The van der Waals surface area contributed by atoms with Gasteiger partial charge in [0.15, 0.2) is 0 Å². The number of hydrogen-bond donors (Lipinski definition) is 0. The highest BCUT2D eigenvalue weighted by Gasteiger charge is 2.25. The molecule has 26 nitrogen and oxygen atoms in total. The van der Waals surface area contributed by atoms with E-state index in [0.717, 1.165) is 73.0 Å². The monoisotopic (exact) mass is 2170 g/mol. The van der Waals surface area contributed by atoms with Crippen molar-refractivity contribution in [2.24, 2.45) is 35.5 Å². The molecule has 0 aromatic carbocycles. The van der Waals surface area contributed by atoms with Gasteiger partial charge in [0.05, 0.1) is 74.4 Å². The van der Waals surface area contributed by atoms with Crippen molar-refractivity contribution in [2.45, 2.75) is 398 Å². The van der Waals surface area contributed by atoms with Gasteiger partial charge in [0.2, 0.25) is 0 Å². The maximum atomic E-state index is 14.0. The van der Waals surface area contributed by atoms with Gasteiger partial charge in [-0.3, -0.25) is 57.5 Å². The van der Waals surface area contributed by atoms with Gasteiger partial charge in [0.1, 0.15) is 64.4 Å². The van der Waals surface area contributed by atoms with Crippen LogP contribution in [0.25, 0.3) is 0 Å². The summed E-state index contributed by atoms with van der Waals surface area (Å²) in [6, 6.07) is 0. The van der Waals surface area contributed by atoms with Crippen molar-refractivity contribution in [1.82, 2.24) is 19.6 Å². The zero-order valence-electron chi connectivity index (χ0n) is 93.4. The van der Waals surface area contributed by atoms with Crippen molar-refractivity contribution in [2.75, 3.05) is 214 Å². The summed E-state index contributed by atoms with van der Waals surface area (Å²) in [5.74, 6) is 4.17. The molecule has 0 radical (unpaired) electrons. The van der Waals surface area contributed by atoms with Crippen LogP contribution in [0.4, 0.5) is 0 Å². The molecule has 848 valence electrons. The van der Waals surface area contributed by atoms with Gasteiger partial charge in [-0.25, -0.2) is 0 Å². The largest absolute Gasteiger partial charge is 0.465 e. The number of Topliss-reactive ketones (excluding diaryl/α,β-unsaturated/α-hetero) is 2. The predicted octanol–water partition coefficient (Wildman–Crippen LogP) is 24.2.